The third-order valence-electron chi connectivity index (χ3n) is 4.91. The minimum atomic E-state index is -0.311. The number of benzene rings is 2. The Labute approximate surface area is 173 Å². The van der Waals surface area contributed by atoms with Gasteiger partial charge in [-0.25, -0.2) is 4.98 Å². The average molecular weight is 399 g/mol. The van der Waals surface area contributed by atoms with Crippen molar-refractivity contribution in [2.24, 2.45) is 7.05 Å². The molecule has 0 fully saturated rings. The van der Waals surface area contributed by atoms with Crippen molar-refractivity contribution in [2.75, 3.05) is 12.4 Å². The molecule has 0 atom stereocenters. The first-order valence-electron chi connectivity index (χ1n) is 9.49. The van der Waals surface area contributed by atoms with Crippen LogP contribution in [0.4, 0.5) is 5.69 Å². The van der Waals surface area contributed by atoms with Gasteiger partial charge in [-0.2, -0.15) is 0 Å². The van der Waals surface area contributed by atoms with Crippen molar-refractivity contribution < 1.29 is 9.53 Å². The Morgan fingerprint density at radius 1 is 1.00 bits per heavy atom. The molecule has 150 valence electrons. The first-order valence-corrected chi connectivity index (χ1v) is 9.49. The average Bonchev–Trinajstić information content (AvgIpc) is 3.36. The molecule has 0 radical (unpaired) electrons. The summed E-state index contributed by atoms with van der Waals surface area (Å²) in [4.78, 5) is 28.7. The standard InChI is InChI=1S/C18H17N3O3.C6H4/c1-11(22)20-16-15(12-6-4-7-13(10-12)24-3)14-8-5-9-19-17(14)21(2)18(16)23;1-2-5-4-6(5)3-1/h4-10H,1-3H3,(H,20,22);1-4H. The van der Waals surface area contributed by atoms with Crippen LogP contribution in [0, 0.1) is 0 Å². The summed E-state index contributed by atoms with van der Waals surface area (Å²) in [6, 6.07) is 19.5. The summed E-state index contributed by atoms with van der Waals surface area (Å²) in [6.07, 6.45) is 1.63. The zero-order valence-corrected chi connectivity index (χ0v) is 17.0. The Bertz CT molecular complexity index is 1310. The lowest BCUT2D eigenvalue weighted by Crippen LogP contribution is -2.25. The van der Waals surface area contributed by atoms with E-state index in [0.717, 1.165) is 10.9 Å². The molecule has 0 saturated carbocycles. The lowest BCUT2D eigenvalue weighted by atomic mass is 10.00. The van der Waals surface area contributed by atoms with Crippen LogP contribution in [0.1, 0.15) is 6.92 Å². The number of nitrogens with zero attached hydrogens (tertiary/aromatic N) is 2. The molecular formula is C24H21N3O3. The molecule has 2 aliphatic carbocycles. The van der Waals surface area contributed by atoms with Crippen molar-refractivity contribution in [1.29, 1.82) is 0 Å². The second-order valence-electron chi connectivity index (χ2n) is 6.98. The number of hydrogen-bond donors (Lipinski definition) is 1. The minimum Gasteiger partial charge on any atom is -0.497 e. The Morgan fingerprint density at radius 2 is 1.70 bits per heavy atom. The number of anilines is 1. The normalized spacial score (nSPS) is 10.8. The van der Waals surface area contributed by atoms with Crippen LogP contribution in [0.25, 0.3) is 33.3 Å². The van der Waals surface area contributed by atoms with Gasteiger partial charge in [0.2, 0.25) is 5.91 Å². The maximum Gasteiger partial charge on any atom is 0.276 e. The fourth-order valence-corrected chi connectivity index (χ4v) is 3.41. The van der Waals surface area contributed by atoms with Gasteiger partial charge in [-0.05, 0) is 47.0 Å². The number of hydrogen-bond acceptors (Lipinski definition) is 4. The lowest BCUT2D eigenvalue weighted by molar-refractivity contribution is -0.114. The van der Waals surface area contributed by atoms with E-state index in [-0.39, 0.29) is 17.2 Å². The number of fused-ring (bicyclic) bond motifs is 2. The zero-order valence-electron chi connectivity index (χ0n) is 17.0. The number of ether oxygens (including phenoxy) is 1. The van der Waals surface area contributed by atoms with Gasteiger partial charge in [0.15, 0.2) is 0 Å². The number of rotatable bonds is 3. The minimum absolute atomic E-state index is 0.235. The second kappa shape index (κ2) is 7.83. The molecule has 6 nitrogen and oxygen atoms in total. The number of nitrogens with one attached hydrogen (secondary N) is 1. The van der Waals surface area contributed by atoms with Gasteiger partial charge in [-0.15, -0.1) is 0 Å². The van der Waals surface area contributed by atoms with Gasteiger partial charge in [0.25, 0.3) is 5.56 Å². The molecular weight excluding hydrogens is 378 g/mol. The predicted molar refractivity (Wildman–Crippen MR) is 119 cm³/mol. The molecule has 3 aromatic rings. The highest BCUT2D eigenvalue weighted by Gasteiger charge is 2.18. The van der Waals surface area contributed by atoms with Gasteiger partial charge >= 0.3 is 0 Å². The van der Waals surface area contributed by atoms with Gasteiger partial charge in [0.05, 0.1) is 7.11 Å². The summed E-state index contributed by atoms with van der Waals surface area (Å²) in [7, 11) is 3.22. The molecule has 2 aromatic heterocycles. The number of amides is 1. The molecule has 1 aromatic carbocycles. The molecule has 2 heterocycles. The maximum atomic E-state index is 12.7. The molecule has 1 N–H and O–H groups in total. The number of aryl methyl sites for hydroxylation is 1. The Balaban J connectivity index is 0.000000305. The van der Waals surface area contributed by atoms with Gasteiger partial charge < -0.3 is 10.1 Å². The summed E-state index contributed by atoms with van der Waals surface area (Å²) in [5, 5.41) is 3.44. The van der Waals surface area contributed by atoms with E-state index < -0.39 is 0 Å². The van der Waals surface area contributed by atoms with E-state index in [1.807, 2.05) is 30.3 Å². The van der Waals surface area contributed by atoms with Crippen molar-refractivity contribution in [3.8, 4) is 28.0 Å². The number of carbonyl (C=O) groups is 1. The van der Waals surface area contributed by atoms with Crippen LogP contribution in [0.5, 0.6) is 5.75 Å². The first-order chi connectivity index (χ1) is 14.5. The lowest BCUT2D eigenvalue weighted by Gasteiger charge is -2.16. The molecule has 0 bridgehead atoms. The molecule has 0 unspecified atom stereocenters. The Hall–Kier alpha value is -3.93. The second-order valence-corrected chi connectivity index (χ2v) is 6.98. The van der Waals surface area contributed by atoms with Crippen molar-refractivity contribution in [2.45, 2.75) is 6.92 Å². The van der Waals surface area contributed by atoms with E-state index in [0.29, 0.717) is 17.0 Å². The van der Waals surface area contributed by atoms with Crippen LogP contribution in [0.2, 0.25) is 0 Å². The van der Waals surface area contributed by atoms with Crippen molar-refractivity contribution in [3.63, 3.8) is 0 Å². The van der Waals surface area contributed by atoms with Crippen LogP contribution in [0.15, 0.2) is 71.7 Å². The van der Waals surface area contributed by atoms with E-state index in [1.54, 1.807) is 26.4 Å². The number of aromatic nitrogens is 2. The van der Waals surface area contributed by atoms with Gasteiger partial charge in [-0.3, -0.25) is 14.2 Å². The molecule has 2 aliphatic rings. The number of methoxy groups -OCH3 is 1. The quantitative estimate of drug-likeness (QED) is 0.493. The van der Waals surface area contributed by atoms with E-state index in [9.17, 15) is 9.59 Å². The van der Waals surface area contributed by atoms with Crippen LogP contribution >= 0.6 is 0 Å². The van der Waals surface area contributed by atoms with E-state index in [1.165, 1.54) is 22.6 Å². The fraction of sp³-hybridized carbons (Fsp3) is 0.125. The fourth-order valence-electron chi connectivity index (χ4n) is 3.41. The molecule has 1 amide bonds. The number of pyridine rings is 2. The molecule has 0 aliphatic heterocycles. The summed E-state index contributed by atoms with van der Waals surface area (Å²) in [6.45, 7) is 1.38. The first kappa shape index (κ1) is 19.4. The largest absolute Gasteiger partial charge is 0.497 e. The Kier molecular flexibility index (Phi) is 5.06. The van der Waals surface area contributed by atoms with Crippen molar-refractivity contribution in [1.82, 2.24) is 9.55 Å². The summed E-state index contributed by atoms with van der Waals surface area (Å²) in [5.41, 5.74) is 4.73. The smallest absolute Gasteiger partial charge is 0.276 e. The van der Waals surface area contributed by atoms with Crippen molar-refractivity contribution in [3.05, 3.63) is 77.2 Å². The number of carbonyl (C=O) groups excluding carboxylic acids is 1. The highest BCUT2D eigenvalue weighted by atomic mass is 16.5. The topological polar surface area (TPSA) is 73.2 Å². The molecule has 6 heteroatoms. The van der Waals surface area contributed by atoms with Crippen LogP contribution in [0.3, 0.4) is 0 Å². The van der Waals surface area contributed by atoms with Crippen LogP contribution in [-0.2, 0) is 11.8 Å². The summed E-state index contributed by atoms with van der Waals surface area (Å²) >= 11 is 0. The van der Waals surface area contributed by atoms with E-state index in [2.05, 4.69) is 34.6 Å². The van der Waals surface area contributed by atoms with Gasteiger partial charge in [0.1, 0.15) is 17.1 Å². The zero-order chi connectivity index (χ0) is 21.3. The SMILES string of the molecule is COc1cccc(-c2c(NC(C)=O)c(=O)n(C)c3ncccc23)c1.c1cc2cc-2c1. The summed E-state index contributed by atoms with van der Waals surface area (Å²) in [5.74, 6) is 0.360. The highest BCUT2D eigenvalue weighted by Crippen LogP contribution is 2.34. The third-order valence-corrected chi connectivity index (χ3v) is 4.91. The molecule has 0 saturated heterocycles. The molecule has 0 spiro atoms. The van der Waals surface area contributed by atoms with E-state index in [4.69, 9.17) is 4.74 Å². The van der Waals surface area contributed by atoms with Crippen LogP contribution < -0.4 is 15.6 Å². The maximum absolute atomic E-state index is 12.7. The van der Waals surface area contributed by atoms with Crippen LogP contribution in [-0.4, -0.2) is 22.6 Å². The molecule has 30 heavy (non-hydrogen) atoms. The monoisotopic (exact) mass is 399 g/mol. The van der Waals surface area contributed by atoms with Crippen molar-refractivity contribution >= 4 is 22.6 Å². The van der Waals surface area contributed by atoms with E-state index >= 15 is 0 Å². The Morgan fingerprint density at radius 3 is 2.30 bits per heavy atom. The highest BCUT2D eigenvalue weighted by molar-refractivity contribution is 6.04. The molecule has 5 rings (SSSR count). The van der Waals surface area contributed by atoms with Gasteiger partial charge in [-0.1, -0.05) is 30.3 Å². The predicted octanol–water partition coefficient (Wildman–Crippen LogP) is 4.23. The van der Waals surface area contributed by atoms with Gasteiger partial charge in [0, 0.05) is 31.1 Å². The third kappa shape index (κ3) is 3.67. The summed E-state index contributed by atoms with van der Waals surface area (Å²) < 4.78 is 6.71.